The molecule has 6 nitrogen and oxygen atoms in total. The summed E-state index contributed by atoms with van der Waals surface area (Å²) in [6, 6.07) is 13.7. The predicted octanol–water partition coefficient (Wildman–Crippen LogP) is 4.27. The van der Waals surface area contributed by atoms with Crippen LogP contribution in [0.25, 0.3) is 0 Å². The third-order valence-corrected chi connectivity index (χ3v) is 3.75. The van der Waals surface area contributed by atoms with E-state index in [4.69, 9.17) is 0 Å². The summed E-state index contributed by atoms with van der Waals surface area (Å²) in [7, 11) is 0. The van der Waals surface area contributed by atoms with Crippen LogP contribution in [0.2, 0.25) is 0 Å². The SMILES string of the molecule is CCC(=O)Nc1cccc(C(=O)Nc2ccc(NC(=O)CC(C)C)cc2)c1. The standard InChI is InChI=1S/C21H25N3O3/c1-4-19(25)23-18-7-5-6-15(13-18)21(27)24-17-10-8-16(9-11-17)22-20(26)12-14(2)3/h5-11,13-14H,4,12H2,1-3H3,(H,22,26)(H,23,25)(H,24,27). The first-order valence-electron chi connectivity index (χ1n) is 8.98. The van der Waals surface area contributed by atoms with E-state index in [9.17, 15) is 14.4 Å². The fraction of sp³-hybridized carbons (Fsp3) is 0.286. The first-order chi connectivity index (χ1) is 12.9. The molecule has 0 saturated heterocycles. The normalized spacial score (nSPS) is 10.4. The summed E-state index contributed by atoms with van der Waals surface area (Å²) in [6.45, 7) is 5.74. The van der Waals surface area contributed by atoms with Gasteiger partial charge in [0, 0.05) is 35.5 Å². The molecular formula is C21H25N3O3. The van der Waals surface area contributed by atoms with Crippen LogP contribution in [0.1, 0.15) is 44.0 Å². The summed E-state index contributed by atoms with van der Waals surface area (Å²) in [4.78, 5) is 35.7. The molecule has 142 valence electrons. The summed E-state index contributed by atoms with van der Waals surface area (Å²) in [6.07, 6.45) is 0.833. The molecular weight excluding hydrogens is 342 g/mol. The molecule has 27 heavy (non-hydrogen) atoms. The fourth-order valence-electron chi connectivity index (χ4n) is 2.41. The van der Waals surface area contributed by atoms with E-state index in [-0.39, 0.29) is 17.7 Å². The van der Waals surface area contributed by atoms with Crippen molar-refractivity contribution in [3.63, 3.8) is 0 Å². The van der Waals surface area contributed by atoms with Gasteiger partial charge in [0.05, 0.1) is 0 Å². The summed E-state index contributed by atoms with van der Waals surface area (Å²) in [5.74, 6) is -0.129. The van der Waals surface area contributed by atoms with Crippen molar-refractivity contribution in [1.82, 2.24) is 0 Å². The van der Waals surface area contributed by atoms with E-state index in [1.807, 2.05) is 13.8 Å². The molecule has 2 aromatic carbocycles. The van der Waals surface area contributed by atoms with Gasteiger partial charge in [-0.1, -0.05) is 26.8 Å². The van der Waals surface area contributed by atoms with Crippen LogP contribution < -0.4 is 16.0 Å². The zero-order chi connectivity index (χ0) is 19.8. The van der Waals surface area contributed by atoms with Crippen LogP contribution >= 0.6 is 0 Å². The van der Waals surface area contributed by atoms with Crippen LogP contribution in [0.4, 0.5) is 17.1 Å². The lowest BCUT2D eigenvalue weighted by Crippen LogP contribution is -2.15. The monoisotopic (exact) mass is 367 g/mol. The lowest BCUT2D eigenvalue weighted by Gasteiger charge is -2.10. The molecule has 6 heteroatoms. The Morgan fingerprint density at radius 3 is 2.00 bits per heavy atom. The molecule has 0 fully saturated rings. The molecule has 0 aliphatic rings. The van der Waals surface area contributed by atoms with Crippen LogP contribution in [0.5, 0.6) is 0 Å². The number of amides is 3. The van der Waals surface area contributed by atoms with Gasteiger partial charge in [0.15, 0.2) is 0 Å². The van der Waals surface area contributed by atoms with Crippen LogP contribution in [-0.2, 0) is 9.59 Å². The number of carbonyl (C=O) groups is 3. The summed E-state index contributed by atoms with van der Waals surface area (Å²) >= 11 is 0. The molecule has 0 spiro atoms. The number of hydrogen-bond donors (Lipinski definition) is 3. The van der Waals surface area contributed by atoms with Gasteiger partial charge in [-0.05, 0) is 48.4 Å². The summed E-state index contributed by atoms with van der Waals surface area (Å²) < 4.78 is 0. The van der Waals surface area contributed by atoms with Gasteiger partial charge >= 0.3 is 0 Å². The van der Waals surface area contributed by atoms with E-state index >= 15 is 0 Å². The minimum atomic E-state index is -0.279. The first kappa shape index (κ1) is 20.2. The minimum absolute atomic E-state index is 0.0345. The summed E-state index contributed by atoms with van der Waals surface area (Å²) in [5, 5.41) is 8.36. The Morgan fingerprint density at radius 2 is 1.41 bits per heavy atom. The molecule has 3 N–H and O–H groups in total. The van der Waals surface area contributed by atoms with Crippen LogP contribution in [0.15, 0.2) is 48.5 Å². The van der Waals surface area contributed by atoms with E-state index in [0.29, 0.717) is 41.4 Å². The third-order valence-electron chi connectivity index (χ3n) is 3.75. The van der Waals surface area contributed by atoms with Crippen LogP contribution in [0, 0.1) is 5.92 Å². The van der Waals surface area contributed by atoms with E-state index < -0.39 is 0 Å². The van der Waals surface area contributed by atoms with Crippen molar-refractivity contribution in [2.45, 2.75) is 33.6 Å². The van der Waals surface area contributed by atoms with Crippen molar-refractivity contribution >= 4 is 34.8 Å². The number of rotatable bonds is 7. The molecule has 0 aromatic heterocycles. The van der Waals surface area contributed by atoms with E-state index in [0.717, 1.165) is 0 Å². The van der Waals surface area contributed by atoms with Gasteiger partial charge in [-0.25, -0.2) is 0 Å². The highest BCUT2D eigenvalue weighted by Gasteiger charge is 2.09. The van der Waals surface area contributed by atoms with Gasteiger partial charge in [0.25, 0.3) is 5.91 Å². The molecule has 2 rings (SSSR count). The smallest absolute Gasteiger partial charge is 0.255 e. The maximum atomic E-state index is 12.4. The Balaban J connectivity index is 1.98. The Morgan fingerprint density at radius 1 is 0.815 bits per heavy atom. The minimum Gasteiger partial charge on any atom is -0.326 e. The van der Waals surface area contributed by atoms with E-state index in [1.54, 1.807) is 55.5 Å². The number of nitrogens with one attached hydrogen (secondary N) is 3. The largest absolute Gasteiger partial charge is 0.326 e. The van der Waals surface area contributed by atoms with E-state index in [1.165, 1.54) is 0 Å². The second-order valence-corrected chi connectivity index (χ2v) is 6.66. The first-order valence-corrected chi connectivity index (χ1v) is 8.98. The zero-order valence-corrected chi connectivity index (χ0v) is 15.8. The number of anilines is 3. The van der Waals surface area contributed by atoms with Crippen molar-refractivity contribution < 1.29 is 14.4 Å². The molecule has 0 saturated carbocycles. The molecule has 0 heterocycles. The van der Waals surface area contributed by atoms with Crippen molar-refractivity contribution in [2.24, 2.45) is 5.92 Å². The second-order valence-electron chi connectivity index (χ2n) is 6.66. The maximum absolute atomic E-state index is 12.4. The lowest BCUT2D eigenvalue weighted by molar-refractivity contribution is -0.117. The highest BCUT2D eigenvalue weighted by molar-refractivity contribution is 6.05. The van der Waals surface area contributed by atoms with Gasteiger partial charge < -0.3 is 16.0 Å². The Hall–Kier alpha value is -3.15. The fourth-order valence-corrected chi connectivity index (χ4v) is 2.41. The Bertz CT molecular complexity index is 814. The van der Waals surface area contributed by atoms with Gasteiger partial charge in [0.1, 0.15) is 0 Å². The Kier molecular flexibility index (Phi) is 7.11. The number of hydrogen-bond acceptors (Lipinski definition) is 3. The van der Waals surface area contributed by atoms with Gasteiger partial charge in [-0.2, -0.15) is 0 Å². The maximum Gasteiger partial charge on any atom is 0.255 e. The second kappa shape index (κ2) is 9.52. The van der Waals surface area contributed by atoms with Gasteiger partial charge in [-0.15, -0.1) is 0 Å². The molecule has 0 bridgehead atoms. The highest BCUT2D eigenvalue weighted by Crippen LogP contribution is 2.17. The van der Waals surface area contributed by atoms with Gasteiger partial charge in [-0.3, -0.25) is 14.4 Å². The molecule has 2 aromatic rings. The molecule has 0 unspecified atom stereocenters. The quantitative estimate of drug-likeness (QED) is 0.683. The van der Waals surface area contributed by atoms with Crippen LogP contribution in [0.3, 0.4) is 0 Å². The molecule has 3 amide bonds. The molecule has 0 aliphatic carbocycles. The van der Waals surface area contributed by atoms with Crippen LogP contribution in [-0.4, -0.2) is 17.7 Å². The third kappa shape index (κ3) is 6.58. The van der Waals surface area contributed by atoms with Crippen molar-refractivity contribution in [1.29, 1.82) is 0 Å². The van der Waals surface area contributed by atoms with Crippen molar-refractivity contribution in [3.05, 3.63) is 54.1 Å². The topological polar surface area (TPSA) is 87.3 Å². The van der Waals surface area contributed by atoms with E-state index in [2.05, 4.69) is 16.0 Å². The molecule has 0 radical (unpaired) electrons. The van der Waals surface area contributed by atoms with Crippen molar-refractivity contribution in [2.75, 3.05) is 16.0 Å². The average Bonchev–Trinajstić information content (AvgIpc) is 2.62. The number of benzene rings is 2. The lowest BCUT2D eigenvalue weighted by atomic mass is 10.1. The summed E-state index contributed by atoms with van der Waals surface area (Å²) in [5.41, 5.74) is 2.32. The number of carbonyl (C=O) groups excluding carboxylic acids is 3. The predicted molar refractivity (Wildman–Crippen MR) is 108 cm³/mol. The Labute approximate surface area is 159 Å². The highest BCUT2D eigenvalue weighted by atomic mass is 16.2. The van der Waals surface area contributed by atoms with Gasteiger partial charge in [0.2, 0.25) is 11.8 Å². The average molecular weight is 367 g/mol. The zero-order valence-electron chi connectivity index (χ0n) is 15.8. The van der Waals surface area contributed by atoms with Crippen molar-refractivity contribution in [3.8, 4) is 0 Å². The molecule has 0 atom stereocenters. The molecule has 0 aliphatic heterocycles.